The first-order valence-corrected chi connectivity index (χ1v) is 16.3. The van der Waals surface area contributed by atoms with Crippen LogP contribution < -0.4 is 14.8 Å². The van der Waals surface area contributed by atoms with Gasteiger partial charge in [-0.15, -0.1) is 38.5 Å². The standard InChI is InChI=1S/C21H30N2O3.C6H12.C6H6.3C2H2/c1-2-25-20-16(7-6-8-19(20)26-15-9-10-15)17-13-22-14-18(17)21(24)23-11-4-3-5-12-23;2*1-2-4-6-5-3-1;3*1-2/h6-8,15,17-18,22H,2-5,9-14H2,1H3;1-6H2;1-6H;3*1-2H/p+1/t17-,18?;;;;;/m0...../s1. The van der Waals surface area contributed by atoms with Crippen molar-refractivity contribution in [1.29, 1.82) is 0 Å². The van der Waals surface area contributed by atoms with E-state index in [9.17, 15) is 4.79 Å². The maximum atomic E-state index is 13.2. The Morgan fingerprint density at radius 3 is 1.73 bits per heavy atom. The molecule has 2 aliphatic carbocycles. The second-order valence-corrected chi connectivity index (χ2v) is 11.1. The van der Waals surface area contributed by atoms with Gasteiger partial charge in [-0.3, -0.25) is 4.79 Å². The quantitative estimate of drug-likeness (QED) is 0.377. The number of nitrogens with zero attached hydrogens (tertiary/aromatic N) is 1. The van der Waals surface area contributed by atoms with Crippen LogP contribution in [-0.2, 0) is 4.79 Å². The topological polar surface area (TPSA) is 55.4 Å². The molecule has 5 heteroatoms. The van der Waals surface area contributed by atoms with Crippen LogP contribution in [0.15, 0.2) is 54.6 Å². The van der Waals surface area contributed by atoms with Gasteiger partial charge in [-0.25, -0.2) is 0 Å². The van der Waals surface area contributed by atoms with Gasteiger partial charge in [-0.05, 0) is 45.1 Å². The molecular formula is C39H55N2O3+. The van der Waals surface area contributed by atoms with E-state index in [2.05, 4.69) is 60.9 Å². The Morgan fingerprint density at radius 1 is 0.750 bits per heavy atom. The zero-order valence-electron chi connectivity index (χ0n) is 27.0. The van der Waals surface area contributed by atoms with Crippen LogP contribution in [0, 0.1) is 44.5 Å². The first kappa shape index (κ1) is 38.2. The number of carbonyl (C=O) groups is 1. The predicted octanol–water partition coefficient (Wildman–Crippen LogP) is 6.69. The molecule has 0 radical (unpaired) electrons. The Labute approximate surface area is 268 Å². The van der Waals surface area contributed by atoms with Crippen molar-refractivity contribution < 1.29 is 19.6 Å². The van der Waals surface area contributed by atoms with Crippen LogP contribution in [0.25, 0.3) is 0 Å². The number of hydrogen-bond acceptors (Lipinski definition) is 3. The number of rotatable bonds is 6. The van der Waals surface area contributed by atoms with E-state index < -0.39 is 0 Å². The van der Waals surface area contributed by atoms with Crippen LogP contribution in [0.4, 0.5) is 0 Å². The maximum Gasteiger partial charge on any atom is 0.232 e. The van der Waals surface area contributed by atoms with Crippen LogP contribution in [0.1, 0.15) is 89.0 Å². The van der Waals surface area contributed by atoms with E-state index in [1.807, 2.05) is 49.4 Å². The van der Waals surface area contributed by atoms with E-state index in [1.165, 1.54) is 44.9 Å². The minimum Gasteiger partial charge on any atom is -0.490 e. The number of benzene rings is 2. The van der Waals surface area contributed by atoms with Gasteiger partial charge in [-0.1, -0.05) is 87.1 Å². The van der Waals surface area contributed by atoms with Crippen LogP contribution in [-0.4, -0.2) is 49.7 Å². The molecular weight excluding hydrogens is 544 g/mol. The monoisotopic (exact) mass is 599 g/mol. The summed E-state index contributed by atoms with van der Waals surface area (Å²) in [6.07, 6.45) is 39.1. The zero-order chi connectivity index (χ0) is 32.4. The van der Waals surface area contributed by atoms with E-state index >= 15 is 0 Å². The van der Waals surface area contributed by atoms with Crippen molar-refractivity contribution in [3.8, 4) is 50.0 Å². The second kappa shape index (κ2) is 24.6. The summed E-state index contributed by atoms with van der Waals surface area (Å²) < 4.78 is 12.1. The third-order valence-corrected chi connectivity index (χ3v) is 7.99. The van der Waals surface area contributed by atoms with Gasteiger partial charge in [-0.2, -0.15) is 0 Å². The number of piperidine rings is 1. The molecule has 2 atom stereocenters. The lowest BCUT2D eigenvalue weighted by atomic mass is 9.86. The smallest absolute Gasteiger partial charge is 0.232 e. The zero-order valence-corrected chi connectivity index (χ0v) is 27.0. The van der Waals surface area contributed by atoms with Gasteiger partial charge < -0.3 is 19.7 Å². The molecule has 238 valence electrons. The molecule has 1 unspecified atom stereocenters. The highest BCUT2D eigenvalue weighted by Gasteiger charge is 2.41. The van der Waals surface area contributed by atoms with Gasteiger partial charge in [0.1, 0.15) is 0 Å². The van der Waals surface area contributed by atoms with Gasteiger partial charge in [0.25, 0.3) is 0 Å². The summed E-state index contributed by atoms with van der Waals surface area (Å²) in [5, 5.41) is 2.28. The largest absolute Gasteiger partial charge is 0.490 e. The second-order valence-electron chi connectivity index (χ2n) is 11.1. The van der Waals surface area contributed by atoms with Gasteiger partial charge in [0.05, 0.1) is 37.6 Å². The number of nitrogens with two attached hydrogens (primary N) is 1. The molecule has 6 rings (SSSR count). The minimum absolute atomic E-state index is 0.0449. The molecule has 2 N–H and O–H groups in total. The number of hydrogen-bond donors (Lipinski definition) is 1. The van der Waals surface area contributed by atoms with Crippen LogP contribution in [0.2, 0.25) is 0 Å². The normalized spacial score (nSPS) is 19.8. The van der Waals surface area contributed by atoms with Crippen molar-refractivity contribution in [3.05, 3.63) is 60.2 Å². The summed E-state index contributed by atoms with van der Waals surface area (Å²) in [6.45, 7) is 6.28. The molecule has 5 nitrogen and oxygen atoms in total. The number of quaternary nitrogens is 1. The first-order valence-electron chi connectivity index (χ1n) is 16.3. The molecule has 0 bridgehead atoms. The fourth-order valence-corrected chi connectivity index (χ4v) is 5.78. The molecule has 44 heavy (non-hydrogen) atoms. The van der Waals surface area contributed by atoms with E-state index in [0.29, 0.717) is 18.6 Å². The lowest BCUT2D eigenvalue weighted by Crippen LogP contribution is -2.81. The molecule has 2 saturated carbocycles. The van der Waals surface area contributed by atoms with E-state index in [4.69, 9.17) is 9.47 Å². The highest BCUT2D eigenvalue weighted by molar-refractivity contribution is 5.80. The Morgan fingerprint density at radius 2 is 1.25 bits per heavy atom. The number of terminal acetylenes is 3. The summed E-state index contributed by atoms with van der Waals surface area (Å²) in [5.74, 6) is 2.29. The van der Waals surface area contributed by atoms with Crippen molar-refractivity contribution in [3.63, 3.8) is 0 Å². The molecule has 2 saturated heterocycles. The lowest BCUT2D eigenvalue weighted by molar-refractivity contribution is -0.638. The Balaban J connectivity index is 0.000000440. The van der Waals surface area contributed by atoms with Crippen LogP contribution >= 0.6 is 0 Å². The highest BCUT2D eigenvalue weighted by Crippen LogP contribution is 2.41. The van der Waals surface area contributed by atoms with Gasteiger partial charge >= 0.3 is 0 Å². The molecule has 0 aromatic heterocycles. The molecule has 0 spiro atoms. The van der Waals surface area contributed by atoms with E-state index in [0.717, 1.165) is 68.9 Å². The summed E-state index contributed by atoms with van der Waals surface area (Å²) in [5.41, 5.74) is 1.15. The Hall–Kier alpha value is -3.85. The highest BCUT2D eigenvalue weighted by atomic mass is 16.5. The summed E-state index contributed by atoms with van der Waals surface area (Å²) in [7, 11) is 0. The maximum absolute atomic E-state index is 13.2. The molecule has 2 heterocycles. The third kappa shape index (κ3) is 13.6. The Bertz CT molecular complexity index is 1010. The number of para-hydroxylation sites is 1. The summed E-state index contributed by atoms with van der Waals surface area (Å²) in [6, 6.07) is 18.2. The van der Waals surface area contributed by atoms with Crippen molar-refractivity contribution in [2.45, 2.75) is 89.6 Å². The van der Waals surface area contributed by atoms with Crippen molar-refractivity contribution in [1.82, 2.24) is 4.90 Å². The van der Waals surface area contributed by atoms with Gasteiger partial charge in [0.2, 0.25) is 5.91 Å². The van der Waals surface area contributed by atoms with Crippen molar-refractivity contribution in [2.24, 2.45) is 5.92 Å². The first-order chi connectivity index (χ1) is 21.8. The van der Waals surface area contributed by atoms with E-state index in [1.54, 1.807) is 0 Å². The molecule has 2 aromatic carbocycles. The number of amides is 1. The SMILES string of the molecule is C#C.C#C.C#C.C1CCCCC1.CCOc1c(OC2CC2)cccc1[C@@H]1C[NH2+]CC1C(=O)N1CCCCC1.c1ccccc1. The van der Waals surface area contributed by atoms with Gasteiger partial charge in [0.15, 0.2) is 11.5 Å². The fourth-order valence-electron chi connectivity index (χ4n) is 5.78. The summed E-state index contributed by atoms with van der Waals surface area (Å²) >= 11 is 0. The number of ether oxygens (including phenoxy) is 2. The molecule has 4 aliphatic rings. The van der Waals surface area contributed by atoms with E-state index in [-0.39, 0.29) is 11.8 Å². The third-order valence-electron chi connectivity index (χ3n) is 7.99. The summed E-state index contributed by atoms with van der Waals surface area (Å²) in [4.78, 5) is 15.2. The number of carbonyl (C=O) groups excluding carboxylic acids is 1. The fraction of sp³-hybridized carbons (Fsp3) is 0.513. The molecule has 1 amide bonds. The molecule has 4 fully saturated rings. The lowest BCUT2D eigenvalue weighted by Gasteiger charge is -2.30. The van der Waals surface area contributed by atoms with Crippen molar-refractivity contribution in [2.75, 3.05) is 32.8 Å². The predicted molar refractivity (Wildman–Crippen MR) is 183 cm³/mol. The Kier molecular flexibility index (Phi) is 21.3. The average Bonchev–Trinajstić information content (AvgIpc) is 3.82. The average molecular weight is 600 g/mol. The minimum atomic E-state index is 0.0449. The molecule has 2 aliphatic heterocycles. The van der Waals surface area contributed by atoms with Crippen LogP contribution in [0.5, 0.6) is 11.5 Å². The van der Waals surface area contributed by atoms with Crippen LogP contribution in [0.3, 0.4) is 0 Å². The van der Waals surface area contributed by atoms with Crippen molar-refractivity contribution >= 4 is 5.91 Å². The van der Waals surface area contributed by atoms with Gasteiger partial charge in [0, 0.05) is 18.7 Å². The number of likely N-dealkylation sites (tertiary alicyclic amines) is 1. The molecule has 2 aromatic rings.